The van der Waals surface area contributed by atoms with Crippen LogP contribution in [-0.4, -0.2) is 11.7 Å². The summed E-state index contributed by atoms with van der Waals surface area (Å²) in [4.78, 5) is 0. The minimum absolute atomic E-state index is 0.194. The number of anilines is 1. The zero-order chi connectivity index (χ0) is 13.8. The number of rotatable bonds is 4. The van der Waals surface area contributed by atoms with Gasteiger partial charge in [0.15, 0.2) is 0 Å². The summed E-state index contributed by atoms with van der Waals surface area (Å²) in [7, 11) is 0. The molecule has 0 saturated heterocycles. The number of nitrogens with one attached hydrogen (secondary N) is 1. The largest absolute Gasteiger partial charge is 0.386 e. The van der Waals surface area contributed by atoms with Crippen molar-refractivity contribution in [3.63, 3.8) is 0 Å². The molecule has 0 radical (unpaired) electrons. The van der Waals surface area contributed by atoms with Gasteiger partial charge in [0.05, 0.1) is 21.3 Å². The number of aliphatic hydroxyl groups is 1. The molecule has 0 spiro atoms. The monoisotopic (exact) mass is 343 g/mol. The number of benzene rings is 2. The molecule has 19 heavy (non-hydrogen) atoms. The van der Waals surface area contributed by atoms with Gasteiger partial charge in [0.1, 0.15) is 5.82 Å². The molecular weight excluding hydrogens is 333 g/mol. The fraction of sp³-hybridized carbons (Fsp3) is 0.143. The predicted octanol–water partition coefficient (Wildman–Crippen LogP) is 4.39. The van der Waals surface area contributed by atoms with Crippen LogP contribution in [0.15, 0.2) is 46.9 Å². The van der Waals surface area contributed by atoms with E-state index in [4.69, 9.17) is 11.6 Å². The van der Waals surface area contributed by atoms with Crippen LogP contribution in [0.3, 0.4) is 0 Å². The van der Waals surface area contributed by atoms with Gasteiger partial charge in [-0.2, -0.15) is 0 Å². The number of halogens is 3. The Morgan fingerprint density at radius 2 is 1.95 bits per heavy atom. The topological polar surface area (TPSA) is 32.3 Å². The fourth-order valence-electron chi connectivity index (χ4n) is 1.70. The molecule has 0 bridgehead atoms. The molecule has 0 aliphatic carbocycles. The molecule has 1 unspecified atom stereocenters. The van der Waals surface area contributed by atoms with E-state index in [0.717, 1.165) is 10.2 Å². The minimum Gasteiger partial charge on any atom is -0.386 e. The summed E-state index contributed by atoms with van der Waals surface area (Å²) in [6.07, 6.45) is -0.924. The van der Waals surface area contributed by atoms with E-state index in [0.29, 0.717) is 5.02 Å². The average molecular weight is 345 g/mol. The molecule has 0 aromatic heterocycles. The van der Waals surface area contributed by atoms with Crippen molar-refractivity contribution in [2.45, 2.75) is 6.10 Å². The van der Waals surface area contributed by atoms with Gasteiger partial charge in [0.25, 0.3) is 0 Å². The Hall–Kier alpha value is -1.10. The highest BCUT2D eigenvalue weighted by Gasteiger charge is 2.12. The van der Waals surface area contributed by atoms with Crippen molar-refractivity contribution >= 4 is 33.2 Å². The second-order valence-electron chi connectivity index (χ2n) is 4.02. The lowest BCUT2D eigenvalue weighted by molar-refractivity contribution is 0.186. The van der Waals surface area contributed by atoms with Gasteiger partial charge in [0, 0.05) is 12.1 Å². The molecule has 0 aliphatic heterocycles. The first-order valence-corrected chi connectivity index (χ1v) is 6.87. The lowest BCUT2D eigenvalue weighted by Crippen LogP contribution is -2.13. The van der Waals surface area contributed by atoms with E-state index in [1.165, 1.54) is 6.07 Å². The van der Waals surface area contributed by atoms with Gasteiger partial charge < -0.3 is 10.4 Å². The lowest BCUT2D eigenvalue weighted by atomic mass is 10.1. The zero-order valence-corrected chi connectivity index (χ0v) is 12.2. The van der Waals surface area contributed by atoms with Crippen LogP contribution in [0.1, 0.15) is 11.7 Å². The maximum atomic E-state index is 13.5. The average Bonchev–Trinajstić information content (AvgIpc) is 2.40. The first-order chi connectivity index (χ1) is 9.09. The van der Waals surface area contributed by atoms with Crippen LogP contribution in [-0.2, 0) is 0 Å². The van der Waals surface area contributed by atoms with E-state index in [-0.39, 0.29) is 12.1 Å². The molecule has 0 amide bonds. The first-order valence-electron chi connectivity index (χ1n) is 5.70. The standard InChI is InChI=1S/C14H12BrClFNO/c15-14-10(16)5-3-7-12(14)18-8-13(19)9-4-1-2-6-11(9)17/h1-7,13,18-19H,8H2. The van der Waals surface area contributed by atoms with Crippen molar-refractivity contribution in [1.29, 1.82) is 0 Å². The highest BCUT2D eigenvalue weighted by atomic mass is 79.9. The molecule has 5 heteroatoms. The van der Waals surface area contributed by atoms with E-state index >= 15 is 0 Å². The van der Waals surface area contributed by atoms with Crippen molar-refractivity contribution in [2.75, 3.05) is 11.9 Å². The summed E-state index contributed by atoms with van der Waals surface area (Å²) in [6.45, 7) is 0.194. The van der Waals surface area contributed by atoms with Crippen molar-refractivity contribution in [3.05, 3.63) is 63.3 Å². The molecule has 2 aromatic rings. The van der Waals surface area contributed by atoms with E-state index in [1.54, 1.807) is 30.3 Å². The molecule has 100 valence electrons. The molecule has 2 nitrogen and oxygen atoms in total. The van der Waals surface area contributed by atoms with Crippen molar-refractivity contribution < 1.29 is 9.50 Å². The molecule has 1 atom stereocenters. The zero-order valence-electron chi connectivity index (χ0n) is 9.91. The molecule has 2 aromatic carbocycles. The Morgan fingerprint density at radius 1 is 1.21 bits per heavy atom. The van der Waals surface area contributed by atoms with Gasteiger partial charge in [-0.05, 0) is 34.1 Å². The third kappa shape index (κ3) is 3.47. The summed E-state index contributed by atoms with van der Waals surface area (Å²) in [5, 5.41) is 13.6. The van der Waals surface area contributed by atoms with Crippen LogP contribution < -0.4 is 5.32 Å². The summed E-state index contributed by atoms with van der Waals surface area (Å²) >= 11 is 9.31. The number of hydrogen-bond donors (Lipinski definition) is 2. The third-order valence-electron chi connectivity index (χ3n) is 2.70. The normalized spacial score (nSPS) is 12.2. The highest BCUT2D eigenvalue weighted by Crippen LogP contribution is 2.30. The van der Waals surface area contributed by atoms with Crippen LogP contribution in [0.5, 0.6) is 0 Å². The van der Waals surface area contributed by atoms with E-state index in [1.807, 2.05) is 6.07 Å². The van der Waals surface area contributed by atoms with Crippen LogP contribution in [0.25, 0.3) is 0 Å². The molecule has 0 aliphatic rings. The van der Waals surface area contributed by atoms with Crippen LogP contribution in [0.4, 0.5) is 10.1 Å². The van der Waals surface area contributed by atoms with Crippen LogP contribution in [0, 0.1) is 5.82 Å². The van der Waals surface area contributed by atoms with E-state index < -0.39 is 11.9 Å². The van der Waals surface area contributed by atoms with E-state index in [2.05, 4.69) is 21.2 Å². The number of aliphatic hydroxyl groups excluding tert-OH is 1. The van der Waals surface area contributed by atoms with Gasteiger partial charge in [-0.25, -0.2) is 4.39 Å². The van der Waals surface area contributed by atoms with Gasteiger partial charge in [-0.3, -0.25) is 0 Å². The van der Waals surface area contributed by atoms with Gasteiger partial charge in [0.2, 0.25) is 0 Å². The maximum absolute atomic E-state index is 13.5. The predicted molar refractivity (Wildman–Crippen MR) is 79.0 cm³/mol. The molecule has 2 rings (SSSR count). The van der Waals surface area contributed by atoms with Crippen LogP contribution >= 0.6 is 27.5 Å². The SMILES string of the molecule is OC(CNc1cccc(Cl)c1Br)c1ccccc1F. The maximum Gasteiger partial charge on any atom is 0.129 e. The third-order valence-corrected chi connectivity index (χ3v) is 4.10. The Bertz CT molecular complexity index is 579. The lowest BCUT2D eigenvalue weighted by Gasteiger charge is -2.15. The van der Waals surface area contributed by atoms with Gasteiger partial charge in [-0.1, -0.05) is 35.9 Å². The molecule has 0 saturated carbocycles. The summed E-state index contributed by atoms with van der Waals surface area (Å²) in [5.41, 5.74) is 1.02. The molecule has 0 fully saturated rings. The smallest absolute Gasteiger partial charge is 0.129 e. The second kappa shape index (κ2) is 6.37. The first kappa shape index (κ1) is 14.3. The number of hydrogen-bond acceptors (Lipinski definition) is 2. The summed E-state index contributed by atoms with van der Waals surface area (Å²) in [6, 6.07) is 11.5. The Morgan fingerprint density at radius 3 is 2.68 bits per heavy atom. The van der Waals surface area contributed by atoms with Crippen molar-refractivity contribution in [1.82, 2.24) is 0 Å². The van der Waals surface area contributed by atoms with E-state index in [9.17, 15) is 9.50 Å². The van der Waals surface area contributed by atoms with Gasteiger partial charge >= 0.3 is 0 Å². The quantitative estimate of drug-likeness (QED) is 0.862. The Labute approximate surface area is 124 Å². The Kier molecular flexibility index (Phi) is 4.80. The minimum atomic E-state index is -0.924. The summed E-state index contributed by atoms with van der Waals surface area (Å²) < 4.78 is 14.2. The van der Waals surface area contributed by atoms with Crippen molar-refractivity contribution in [3.8, 4) is 0 Å². The second-order valence-corrected chi connectivity index (χ2v) is 5.22. The van der Waals surface area contributed by atoms with Crippen molar-refractivity contribution in [2.24, 2.45) is 0 Å². The highest BCUT2D eigenvalue weighted by molar-refractivity contribution is 9.10. The van der Waals surface area contributed by atoms with Crippen LogP contribution in [0.2, 0.25) is 5.02 Å². The van der Waals surface area contributed by atoms with Gasteiger partial charge in [-0.15, -0.1) is 0 Å². The Balaban J connectivity index is 2.07. The molecular formula is C14H12BrClFNO. The summed E-state index contributed by atoms with van der Waals surface area (Å²) in [5.74, 6) is -0.415. The molecule has 0 heterocycles. The fourth-order valence-corrected chi connectivity index (χ4v) is 2.28. The molecule has 2 N–H and O–H groups in total.